The predicted octanol–water partition coefficient (Wildman–Crippen LogP) is 3.66. The molecule has 1 aromatic rings. The van der Waals surface area contributed by atoms with Gasteiger partial charge in [-0.3, -0.25) is 4.90 Å². The highest BCUT2D eigenvalue weighted by molar-refractivity contribution is 5.47. The maximum absolute atomic E-state index is 3.75. The van der Waals surface area contributed by atoms with Crippen molar-refractivity contribution in [3.63, 3.8) is 0 Å². The van der Waals surface area contributed by atoms with E-state index in [0.29, 0.717) is 6.04 Å². The molecule has 0 amide bonds. The molecule has 0 aromatic heterocycles. The standard InChI is InChI=1S/C18H24N2/c1-2-10-20(9-1)13-14-5-3-7-16(11-14)19-18-12-15-6-4-8-17(15)18/h3-5,7-8,11,15,17-19H,1-2,6,9-10,12-13H2. The van der Waals surface area contributed by atoms with Gasteiger partial charge in [0, 0.05) is 24.2 Å². The van der Waals surface area contributed by atoms with E-state index in [1.807, 2.05) is 0 Å². The minimum Gasteiger partial charge on any atom is -0.382 e. The number of anilines is 1. The second kappa shape index (κ2) is 5.25. The van der Waals surface area contributed by atoms with Gasteiger partial charge in [0.25, 0.3) is 0 Å². The third kappa shape index (κ3) is 2.37. The Kier molecular flexibility index (Phi) is 3.27. The fraction of sp³-hybridized carbons (Fsp3) is 0.556. The molecule has 1 aromatic carbocycles. The minimum atomic E-state index is 0.667. The van der Waals surface area contributed by atoms with Crippen LogP contribution in [0.25, 0.3) is 0 Å². The molecule has 2 heteroatoms. The van der Waals surface area contributed by atoms with Crippen LogP contribution in [0.1, 0.15) is 31.2 Å². The summed E-state index contributed by atoms with van der Waals surface area (Å²) in [5.74, 6) is 1.72. The molecule has 0 spiro atoms. The van der Waals surface area contributed by atoms with E-state index < -0.39 is 0 Å². The lowest BCUT2D eigenvalue weighted by atomic mass is 9.71. The first-order valence-electron chi connectivity index (χ1n) is 8.13. The molecule has 4 rings (SSSR count). The second-order valence-electron chi connectivity index (χ2n) is 6.67. The molecule has 2 fully saturated rings. The average Bonchev–Trinajstić information content (AvgIpc) is 3.06. The lowest BCUT2D eigenvalue weighted by molar-refractivity contribution is 0.218. The van der Waals surface area contributed by atoms with Crippen molar-refractivity contribution in [2.24, 2.45) is 11.8 Å². The fourth-order valence-corrected chi connectivity index (χ4v) is 4.06. The van der Waals surface area contributed by atoms with Crippen LogP contribution < -0.4 is 5.32 Å². The summed E-state index contributed by atoms with van der Waals surface area (Å²) in [6, 6.07) is 9.71. The number of nitrogens with zero attached hydrogens (tertiary/aromatic N) is 1. The number of nitrogens with one attached hydrogen (secondary N) is 1. The number of benzene rings is 1. The molecule has 20 heavy (non-hydrogen) atoms. The Morgan fingerprint density at radius 2 is 2.10 bits per heavy atom. The lowest BCUT2D eigenvalue weighted by Crippen LogP contribution is -2.43. The van der Waals surface area contributed by atoms with Crippen molar-refractivity contribution in [1.29, 1.82) is 0 Å². The highest BCUT2D eigenvalue weighted by Gasteiger charge is 2.40. The molecule has 1 heterocycles. The quantitative estimate of drug-likeness (QED) is 0.838. The highest BCUT2D eigenvalue weighted by Crippen LogP contribution is 2.44. The van der Waals surface area contributed by atoms with Gasteiger partial charge in [-0.05, 0) is 62.4 Å². The van der Waals surface area contributed by atoms with E-state index in [0.717, 1.165) is 18.4 Å². The smallest absolute Gasteiger partial charge is 0.0345 e. The van der Waals surface area contributed by atoms with Crippen molar-refractivity contribution < 1.29 is 0 Å². The summed E-state index contributed by atoms with van der Waals surface area (Å²) in [5.41, 5.74) is 2.76. The van der Waals surface area contributed by atoms with Crippen molar-refractivity contribution in [2.45, 2.75) is 38.3 Å². The van der Waals surface area contributed by atoms with Gasteiger partial charge in [0.2, 0.25) is 0 Å². The number of allylic oxidation sites excluding steroid dienone is 1. The third-order valence-electron chi connectivity index (χ3n) is 5.25. The molecule has 1 saturated carbocycles. The predicted molar refractivity (Wildman–Crippen MR) is 83.7 cm³/mol. The van der Waals surface area contributed by atoms with E-state index in [1.165, 1.54) is 50.0 Å². The van der Waals surface area contributed by atoms with Crippen LogP contribution in [0.5, 0.6) is 0 Å². The van der Waals surface area contributed by atoms with Gasteiger partial charge in [-0.25, -0.2) is 0 Å². The van der Waals surface area contributed by atoms with Crippen LogP contribution in [-0.4, -0.2) is 24.0 Å². The Bertz CT molecular complexity index is 502. The highest BCUT2D eigenvalue weighted by atomic mass is 15.1. The maximum Gasteiger partial charge on any atom is 0.0345 e. The summed E-state index contributed by atoms with van der Waals surface area (Å²) in [6.45, 7) is 3.66. The second-order valence-corrected chi connectivity index (χ2v) is 6.67. The molecule has 2 aliphatic carbocycles. The third-order valence-corrected chi connectivity index (χ3v) is 5.25. The van der Waals surface area contributed by atoms with E-state index in [2.05, 4.69) is 46.6 Å². The Hall–Kier alpha value is -1.28. The van der Waals surface area contributed by atoms with Crippen molar-refractivity contribution in [1.82, 2.24) is 4.90 Å². The molecule has 3 unspecified atom stereocenters. The molecule has 0 radical (unpaired) electrons. The molecule has 0 bridgehead atoms. The molecule has 1 saturated heterocycles. The summed E-state index contributed by atoms with van der Waals surface area (Å²) < 4.78 is 0. The number of likely N-dealkylation sites (tertiary alicyclic amines) is 1. The van der Waals surface area contributed by atoms with Gasteiger partial charge in [-0.15, -0.1) is 0 Å². The minimum absolute atomic E-state index is 0.667. The Labute approximate surface area is 121 Å². The normalized spacial score (nSPS) is 32.1. The molecule has 3 atom stereocenters. The van der Waals surface area contributed by atoms with E-state index in [4.69, 9.17) is 0 Å². The largest absolute Gasteiger partial charge is 0.382 e. The van der Waals surface area contributed by atoms with E-state index in [1.54, 1.807) is 0 Å². The van der Waals surface area contributed by atoms with Gasteiger partial charge < -0.3 is 5.32 Å². The van der Waals surface area contributed by atoms with Crippen molar-refractivity contribution in [2.75, 3.05) is 18.4 Å². The zero-order valence-electron chi connectivity index (χ0n) is 12.1. The Morgan fingerprint density at radius 3 is 2.95 bits per heavy atom. The first-order chi connectivity index (χ1) is 9.88. The number of hydrogen-bond acceptors (Lipinski definition) is 2. The van der Waals surface area contributed by atoms with Crippen LogP contribution >= 0.6 is 0 Å². The van der Waals surface area contributed by atoms with Gasteiger partial charge in [0.05, 0.1) is 0 Å². The lowest BCUT2D eigenvalue weighted by Gasteiger charge is -2.41. The van der Waals surface area contributed by atoms with Crippen molar-refractivity contribution >= 4 is 5.69 Å². The van der Waals surface area contributed by atoms with Crippen LogP contribution in [0.2, 0.25) is 0 Å². The summed E-state index contributed by atoms with van der Waals surface area (Å²) in [4.78, 5) is 2.57. The first-order valence-corrected chi connectivity index (χ1v) is 8.13. The van der Waals surface area contributed by atoms with E-state index in [9.17, 15) is 0 Å². The van der Waals surface area contributed by atoms with Crippen LogP contribution in [0, 0.1) is 11.8 Å². The van der Waals surface area contributed by atoms with E-state index in [-0.39, 0.29) is 0 Å². The van der Waals surface area contributed by atoms with Crippen LogP contribution in [0.15, 0.2) is 36.4 Å². The topological polar surface area (TPSA) is 15.3 Å². The van der Waals surface area contributed by atoms with Gasteiger partial charge >= 0.3 is 0 Å². The number of fused-ring (bicyclic) bond motifs is 1. The molecule has 3 aliphatic rings. The van der Waals surface area contributed by atoms with E-state index >= 15 is 0 Å². The Balaban J connectivity index is 1.39. The summed E-state index contributed by atoms with van der Waals surface area (Å²) in [6.07, 6.45) is 10.2. The number of hydrogen-bond donors (Lipinski definition) is 1. The van der Waals surface area contributed by atoms with Gasteiger partial charge in [0.1, 0.15) is 0 Å². The fourth-order valence-electron chi connectivity index (χ4n) is 4.06. The summed E-state index contributed by atoms with van der Waals surface area (Å²) >= 11 is 0. The van der Waals surface area contributed by atoms with Crippen LogP contribution in [0.4, 0.5) is 5.69 Å². The molecule has 2 nitrogen and oxygen atoms in total. The summed E-state index contributed by atoms with van der Waals surface area (Å²) in [5, 5.41) is 3.75. The van der Waals surface area contributed by atoms with Crippen LogP contribution in [-0.2, 0) is 6.54 Å². The molecular weight excluding hydrogens is 244 g/mol. The molecule has 106 valence electrons. The molecule has 1 N–H and O–H groups in total. The zero-order valence-corrected chi connectivity index (χ0v) is 12.1. The van der Waals surface area contributed by atoms with Gasteiger partial charge in [-0.2, -0.15) is 0 Å². The SMILES string of the molecule is C1=CC2C(C1)CC2Nc1cccc(CN2CCCC2)c1. The van der Waals surface area contributed by atoms with Gasteiger partial charge in [0.15, 0.2) is 0 Å². The summed E-state index contributed by atoms with van der Waals surface area (Å²) in [7, 11) is 0. The zero-order chi connectivity index (χ0) is 13.4. The monoisotopic (exact) mass is 268 g/mol. The average molecular weight is 268 g/mol. The molecule has 1 aliphatic heterocycles. The molecular formula is C18H24N2. The van der Waals surface area contributed by atoms with Crippen molar-refractivity contribution in [3.8, 4) is 0 Å². The maximum atomic E-state index is 3.75. The van der Waals surface area contributed by atoms with Crippen molar-refractivity contribution in [3.05, 3.63) is 42.0 Å². The van der Waals surface area contributed by atoms with Crippen LogP contribution in [0.3, 0.4) is 0 Å². The Morgan fingerprint density at radius 1 is 1.20 bits per heavy atom. The first kappa shape index (κ1) is 12.5. The number of rotatable bonds is 4. The van der Waals surface area contributed by atoms with Gasteiger partial charge in [-0.1, -0.05) is 24.3 Å².